The van der Waals surface area contributed by atoms with Crippen LogP contribution >= 0.6 is 27.5 Å². The van der Waals surface area contributed by atoms with E-state index in [0.29, 0.717) is 5.69 Å². The van der Waals surface area contributed by atoms with Crippen molar-refractivity contribution >= 4 is 44.8 Å². The monoisotopic (exact) mass is 368 g/mol. The second-order valence-corrected chi connectivity index (χ2v) is 5.66. The van der Waals surface area contributed by atoms with Crippen LogP contribution in [0.4, 0.5) is 11.4 Å². The molecule has 21 heavy (non-hydrogen) atoms. The van der Waals surface area contributed by atoms with E-state index in [-0.39, 0.29) is 16.3 Å². The average Bonchev–Trinajstić information content (AvgIpc) is 2.42. The van der Waals surface area contributed by atoms with Gasteiger partial charge in [0.25, 0.3) is 11.6 Å². The Morgan fingerprint density at radius 1 is 1.29 bits per heavy atom. The van der Waals surface area contributed by atoms with Crippen LogP contribution < -0.4 is 5.32 Å². The zero-order chi connectivity index (χ0) is 15.6. The van der Waals surface area contributed by atoms with Crippen molar-refractivity contribution in [2.75, 3.05) is 5.32 Å². The lowest BCUT2D eigenvalue weighted by Crippen LogP contribution is -2.12. The first-order valence-corrected chi connectivity index (χ1v) is 7.06. The normalized spacial score (nSPS) is 10.2. The molecule has 1 amide bonds. The number of nitrogens with zero attached hydrogens (tertiary/aromatic N) is 1. The number of hydrogen-bond donors (Lipinski definition) is 1. The van der Waals surface area contributed by atoms with Crippen LogP contribution in [0.25, 0.3) is 0 Å². The average molecular weight is 370 g/mol. The van der Waals surface area contributed by atoms with E-state index in [0.717, 1.165) is 10.0 Å². The van der Waals surface area contributed by atoms with Gasteiger partial charge in [-0.2, -0.15) is 0 Å². The summed E-state index contributed by atoms with van der Waals surface area (Å²) in [7, 11) is 0. The number of amides is 1. The van der Waals surface area contributed by atoms with Crippen LogP contribution in [0, 0.1) is 17.0 Å². The third kappa shape index (κ3) is 3.80. The number of aryl methyl sites for hydroxylation is 1. The maximum absolute atomic E-state index is 12.1. The van der Waals surface area contributed by atoms with Crippen molar-refractivity contribution in [3.63, 3.8) is 0 Å². The fourth-order valence-corrected chi connectivity index (χ4v) is 2.29. The fourth-order valence-electron chi connectivity index (χ4n) is 1.68. The summed E-state index contributed by atoms with van der Waals surface area (Å²) in [6, 6.07) is 9.11. The second kappa shape index (κ2) is 6.24. The SMILES string of the molecule is Cc1ccc(NC(=O)c2cc(Cl)cc([N+](=O)[O-])c2)cc1Br. The predicted molar refractivity (Wildman–Crippen MR) is 84.9 cm³/mol. The van der Waals surface area contributed by atoms with Crippen LogP contribution in [0.2, 0.25) is 5.02 Å². The number of halogens is 2. The van der Waals surface area contributed by atoms with Crippen molar-refractivity contribution in [1.29, 1.82) is 0 Å². The molecule has 0 aliphatic carbocycles. The number of anilines is 1. The maximum atomic E-state index is 12.1. The topological polar surface area (TPSA) is 72.2 Å². The largest absolute Gasteiger partial charge is 0.322 e. The molecule has 7 heteroatoms. The Morgan fingerprint density at radius 2 is 2.00 bits per heavy atom. The van der Waals surface area contributed by atoms with Crippen LogP contribution in [-0.2, 0) is 0 Å². The molecule has 5 nitrogen and oxygen atoms in total. The van der Waals surface area contributed by atoms with E-state index < -0.39 is 10.8 Å². The van der Waals surface area contributed by atoms with Crippen molar-refractivity contribution in [3.8, 4) is 0 Å². The van der Waals surface area contributed by atoms with Gasteiger partial charge in [-0.3, -0.25) is 14.9 Å². The molecule has 2 aromatic rings. The molecule has 0 aromatic heterocycles. The number of nitro groups is 1. The second-order valence-electron chi connectivity index (χ2n) is 4.37. The number of rotatable bonds is 3. The first kappa shape index (κ1) is 15.5. The molecule has 0 radical (unpaired) electrons. The number of hydrogen-bond acceptors (Lipinski definition) is 3. The first-order chi connectivity index (χ1) is 9.86. The summed E-state index contributed by atoms with van der Waals surface area (Å²) in [5.41, 5.74) is 1.52. The fraction of sp³-hybridized carbons (Fsp3) is 0.0714. The zero-order valence-corrected chi connectivity index (χ0v) is 13.2. The molecule has 0 heterocycles. The van der Waals surface area contributed by atoms with Gasteiger partial charge in [0.1, 0.15) is 0 Å². The molecule has 0 spiro atoms. The third-order valence-corrected chi connectivity index (χ3v) is 3.86. The highest BCUT2D eigenvalue weighted by molar-refractivity contribution is 9.10. The van der Waals surface area contributed by atoms with Gasteiger partial charge in [0.05, 0.1) is 4.92 Å². The summed E-state index contributed by atoms with van der Waals surface area (Å²) in [6.45, 7) is 1.93. The molecule has 0 bridgehead atoms. The van der Waals surface area contributed by atoms with Gasteiger partial charge in [-0.25, -0.2) is 0 Å². The van der Waals surface area contributed by atoms with Gasteiger partial charge < -0.3 is 5.32 Å². The summed E-state index contributed by atoms with van der Waals surface area (Å²) < 4.78 is 0.859. The standard InChI is InChI=1S/C14H10BrClN2O3/c1-8-2-3-11(7-13(8)15)17-14(19)9-4-10(16)6-12(5-9)18(20)21/h2-7H,1H3,(H,17,19). The molecule has 0 aliphatic heterocycles. The molecule has 0 unspecified atom stereocenters. The molecule has 0 aliphatic rings. The van der Waals surface area contributed by atoms with Crippen molar-refractivity contribution in [1.82, 2.24) is 0 Å². The van der Waals surface area contributed by atoms with Crippen molar-refractivity contribution in [2.24, 2.45) is 0 Å². The maximum Gasteiger partial charge on any atom is 0.271 e. The number of nitro benzene ring substituents is 1. The summed E-state index contributed by atoms with van der Waals surface area (Å²) >= 11 is 9.17. The van der Waals surface area contributed by atoms with E-state index in [1.165, 1.54) is 18.2 Å². The van der Waals surface area contributed by atoms with Crippen LogP contribution in [0.1, 0.15) is 15.9 Å². The van der Waals surface area contributed by atoms with Crippen molar-refractivity contribution in [3.05, 3.63) is 67.1 Å². The minimum atomic E-state index is -0.592. The number of non-ortho nitro benzene ring substituents is 1. The number of benzene rings is 2. The Hall–Kier alpha value is -1.92. The lowest BCUT2D eigenvalue weighted by molar-refractivity contribution is -0.384. The van der Waals surface area contributed by atoms with Crippen molar-refractivity contribution in [2.45, 2.75) is 6.92 Å². The highest BCUT2D eigenvalue weighted by Crippen LogP contribution is 2.23. The Kier molecular flexibility index (Phi) is 4.59. The molecule has 2 aromatic carbocycles. The molecule has 2 rings (SSSR count). The van der Waals surface area contributed by atoms with E-state index >= 15 is 0 Å². The minimum Gasteiger partial charge on any atom is -0.322 e. The van der Waals surface area contributed by atoms with E-state index in [2.05, 4.69) is 21.2 Å². The number of carbonyl (C=O) groups is 1. The highest BCUT2D eigenvalue weighted by Gasteiger charge is 2.14. The Labute approximate surface area is 134 Å². The lowest BCUT2D eigenvalue weighted by Gasteiger charge is -2.07. The summed E-state index contributed by atoms with van der Waals surface area (Å²) in [5.74, 6) is -0.462. The molecule has 1 N–H and O–H groups in total. The van der Waals surface area contributed by atoms with Crippen LogP contribution in [0.15, 0.2) is 40.9 Å². The quantitative estimate of drug-likeness (QED) is 0.636. The summed E-state index contributed by atoms with van der Waals surface area (Å²) in [4.78, 5) is 22.3. The lowest BCUT2D eigenvalue weighted by atomic mass is 10.1. The van der Waals surface area contributed by atoms with E-state index in [1.54, 1.807) is 12.1 Å². The van der Waals surface area contributed by atoms with Gasteiger partial charge in [0.15, 0.2) is 0 Å². The van der Waals surface area contributed by atoms with E-state index in [9.17, 15) is 14.9 Å². The van der Waals surface area contributed by atoms with Crippen LogP contribution in [0.5, 0.6) is 0 Å². The van der Waals surface area contributed by atoms with Crippen LogP contribution in [0.3, 0.4) is 0 Å². The summed E-state index contributed by atoms with van der Waals surface area (Å²) in [6.07, 6.45) is 0. The molecule has 0 fully saturated rings. The van der Waals surface area contributed by atoms with E-state index in [1.807, 2.05) is 13.0 Å². The molecule has 0 saturated heterocycles. The van der Waals surface area contributed by atoms with Crippen molar-refractivity contribution < 1.29 is 9.72 Å². The minimum absolute atomic E-state index is 0.130. The van der Waals surface area contributed by atoms with Gasteiger partial charge in [0, 0.05) is 32.9 Å². The van der Waals surface area contributed by atoms with Gasteiger partial charge in [-0.05, 0) is 30.7 Å². The Morgan fingerprint density at radius 3 is 2.62 bits per heavy atom. The zero-order valence-electron chi connectivity index (χ0n) is 10.9. The molecule has 108 valence electrons. The first-order valence-electron chi connectivity index (χ1n) is 5.89. The third-order valence-electron chi connectivity index (χ3n) is 2.79. The molecule has 0 saturated carbocycles. The Bertz CT molecular complexity index is 734. The van der Waals surface area contributed by atoms with Crippen LogP contribution in [-0.4, -0.2) is 10.8 Å². The molecular formula is C14H10BrClN2O3. The predicted octanol–water partition coefficient (Wildman–Crippen LogP) is 4.57. The number of carbonyl (C=O) groups excluding carboxylic acids is 1. The molecular weight excluding hydrogens is 360 g/mol. The molecule has 0 atom stereocenters. The Balaban J connectivity index is 2.27. The van der Waals surface area contributed by atoms with Gasteiger partial charge in [-0.15, -0.1) is 0 Å². The highest BCUT2D eigenvalue weighted by atomic mass is 79.9. The van der Waals surface area contributed by atoms with Gasteiger partial charge >= 0.3 is 0 Å². The number of nitrogens with one attached hydrogen (secondary N) is 1. The summed E-state index contributed by atoms with van der Waals surface area (Å²) in [5, 5.41) is 13.6. The van der Waals surface area contributed by atoms with E-state index in [4.69, 9.17) is 11.6 Å². The smallest absolute Gasteiger partial charge is 0.271 e. The van der Waals surface area contributed by atoms with Gasteiger partial charge in [-0.1, -0.05) is 33.6 Å². The van der Waals surface area contributed by atoms with Gasteiger partial charge in [0.2, 0.25) is 0 Å².